The van der Waals surface area contributed by atoms with Crippen LogP contribution >= 0.6 is 0 Å². The lowest BCUT2D eigenvalue weighted by Gasteiger charge is -2.16. The van der Waals surface area contributed by atoms with E-state index in [1.165, 1.54) is 12.3 Å². The third-order valence-electron chi connectivity index (χ3n) is 3.74. The molecule has 0 saturated heterocycles. The number of pyridine rings is 2. The van der Waals surface area contributed by atoms with Crippen molar-refractivity contribution in [3.05, 3.63) is 82.4 Å². The van der Waals surface area contributed by atoms with E-state index in [1.54, 1.807) is 0 Å². The van der Waals surface area contributed by atoms with Gasteiger partial charge in [-0.2, -0.15) is 0 Å². The molecule has 0 unspecified atom stereocenters. The highest BCUT2D eigenvalue weighted by Crippen LogP contribution is 2.16. The molecule has 0 amide bonds. The highest BCUT2D eigenvalue weighted by atomic mass is 16.3. The van der Waals surface area contributed by atoms with Crippen LogP contribution in [-0.4, -0.2) is 27.0 Å². The van der Waals surface area contributed by atoms with Crippen molar-refractivity contribution in [3.63, 3.8) is 0 Å². The summed E-state index contributed by atoms with van der Waals surface area (Å²) in [5.41, 5.74) is 3.53. The number of aromatic hydroxyl groups is 1. The molecule has 0 saturated carbocycles. The molecule has 0 aliphatic carbocycles. The predicted octanol–water partition coefficient (Wildman–Crippen LogP) is 2.77. The summed E-state index contributed by atoms with van der Waals surface area (Å²) in [5, 5.41) is 9.27. The van der Waals surface area contributed by atoms with Gasteiger partial charge in [-0.1, -0.05) is 36.4 Å². The van der Waals surface area contributed by atoms with Crippen LogP contribution in [0.5, 0.6) is 5.75 Å². The van der Waals surface area contributed by atoms with Gasteiger partial charge in [0.15, 0.2) is 5.75 Å². The summed E-state index contributed by atoms with van der Waals surface area (Å²) in [4.78, 5) is 21.0. The summed E-state index contributed by atoms with van der Waals surface area (Å²) in [6, 6.07) is 15.5. The molecule has 0 fully saturated rings. The number of benzene rings is 1. The average Bonchev–Trinajstić information content (AvgIpc) is 2.59. The van der Waals surface area contributed by atoms with Gasteiger partial charge in [-0.15, -0.1) is 0 Å². The highest BCUT2D eigenvalue weighted by molar-refractivity contribution is 5.58. The summed E-state index contributed by atoms with van der Waals surface area (Å²) in [6.45, 7) is 1.29. The van der Waals surface area contributed by atoms with E-state index >= 15 is 0 Å². The van der Waals surface area contributed by atoms with E-state index in [0.717, 1.165) is 22.5 Å². The zero-order chi connectivity index (χ0) is 16.9. The fourth-order valence-corrected chi connectivity index (χ4v) is 2.55. The van der Waals surface area contributed by atoms with Crippen LogP contribution in [0.15, 0.2) is 65.7 Å². The van der Waals surface area contributed by atoms with Crippen LogP contribution in [-0.2, 0) is 13.1 Å². The molecule has 0 atom stereocenters. The van der Waals surface area contributed by atoms with Gasteiger partial charge >= 0.3 is 0 Å². The predicted molar refractivity (Wildman–Crippen MR) is 93.6 cm³/mol. The molecular formula is C19H19N3O2. The van der Waals surface area contributed by atoms with Crippen molar-refractivity contribution in [3.8, 4) is 17.0 Å². The van der Waals surface area contributed by atoms with E-state index < -0.39 is 0 Å². The van der Waals surface area contributed by atoms with Crippen molar-refractivity contribution >= 4 is 0 Å². The van der Waals surface area contributed by atoms with E-state index in [9.17, 15) is 9.90 Å². The molecular weight excluding hydrogens is 302 g/mol. The lowest BCUT2D eigenvalue weighted by molar-refractivity contribution is 0.314. The molecule has 1 aromatic carbocycles. The number of nitrogens with one attached hydrogen (secondary N) is 1. The maximum Gasteiger partial charge on any atom is 0.223 e. The van der Waals surface area contributed by atoms with Crippen LogP contribution in [0.1, 0.15) is 11.3 Å². The Kier molecular flexibility index (Phi) is 4.72. The highest BCUT2D eigenvalue weighted by Gasteiger charge is 2.06. The molecule has 5 nitrogen and oxygen atoms in total. The van der Waals surface area contributed by atoms with Crippen LogP contribution in [0.2, 0.25) is 0 Å². The van der Waals surface area contributed by atoms with Gasteiger partial charge in [-0.25, -0.2) is 0 Å². The molecule has 24 heavy (non-hydrogen) atoms. The topological polar surface area (TPSA) is 69.2 Å². The fourth-order valence-electron chi connectivity index (χ4n) is 2.55. The summed E-state index contributed by atoms with van der Waals surface area (Å²) in [7, 11) is 1.97. The first-order valence-electron chi connectivity index (χ1n) is 7.71. The van der Waals surface area contributed by atoms with Gasteiger partial charge in [-0.3, -0.25) is 14.7 Å². The van der Waals surface area contributed by atoms with Crippen LogP contribution in [0, 0.1) is 0 Å². The third-order valence-corrected chi connectivity index (χ3v) is 3.74. The Morgan fingerprint density at radius 1 is 1.12 bits per heavy atom. The summed E-state index contributed by atoms with van der Waals surface area (Å²) in [6.07, 6.45) is 3.19. The van der Waals surface area contributed by atoms with Crippen molar-refractivity contribution in [2.75, 3.05) is 7.05 Å². The molecule has 2 heterocycles. The number of H-pyrrole nitrogens is 1. The Labute approximate surface area is 140 Å². The molecule has 3 aromatic rings. The zero-order valence-corrected chi connectivity index (χ0v) is 13.4. The van der Waals surface area contributed by atoms with E-state index in [-0.39, 0.29) is 11.2 Å². The molecule has 0 bridgehead atoms. The van der Waals surface area contributed by atoms with Gasteiger partial charge in [0.05, 0.1) is 5.69 Å². The van der Waals surface area contributed by atoms with Crippen LogP contribution < -0.4 is 5.43 Å². The molecule has 5 heteroatoms. The molecule has 3 rings (SSSR count). The van der Waals surface area contributed by atoms with Gasteiger partial charge in [0.25, 0.3) is 0 Å². The number of hydrogen-bond donors (Lipinski definition) is 2. The van der Waals surface area contributed by atoms with Crippen molar-refractivity contribution in [1.82, 2.24) is 14.9 Å². The van der Waals surface area contributed by atoms with Crippen molar-refractivity contribution in [2.45, 2.75) is 13.1 Å². The van der Waals surface area contributed by atoms with Gasteiger partial charge in [0.2, 0.25) is 5.43 Å². The Morgan fingerprint density at radius 3 is 2.58 bits per heavy atom. The summed E-state index contributed by atoms with van der Waals surface area (Å²) < 4.78 is 0. The standard InChI is InChI=1S/C19H19N3O2/c1-22(13-16-9-18(23)19(24)11-20-16)12-14-7-8-17(21-10-14)15-5-3-2-4-6-15/h2-11,24H,12-13H2,1H3,(H,20,23). The lowest BCUT2D eigenvalue weighted by atomic mass is 10.1. The molecule has 2 aromatic heterocycles. The van der Waals surface area contributed by atoms with Crippen LogP contribution in [0.25, 0.3) is 11.3 Å². The van der Waals surface area contributed by atoms with Gasteiger partial charge < -0.3 is 10.1 Å². The third kappa shape index (κ3) is 3.88. The van der Waals surface area contributed by atoms with E-state index in [4.69, 9.17) is 0 Å². The lowest BCUT2D eigenvalue weighted by Crippen LogP contribution is -2.19. The first-order valence-corrected chi connectivity index (χ1v) is 7.71. The maximum atomic E-state index is 11.5. The average molecular weight is 321 g/mol. The number of aromatic amines is 1. The molecule has 0 aliphatic rings. The van der Waals surface area contributed by atoms with Crippen molar-refractivity contribution in [2.24, 2.45) is 0 Å². The molecule has 2 N–H and O–H groups in total. The number of rotatable bonds is 5. The van der Waals surface area contributed by atoms with E-state index in [2.05, 4.69) is 20.9 Å². The van der Waals surface area contributed by atoms with E-state index in [1.807, 2.05) is 49.6 Å². The minimum absolute atomic E-state index is 0.262. The molecule has 0 spiro atoms. The normalized spacial score (nSPS) is 10.9. The summed E-state index contributed by atoms with van der Waals surface area (Å²) in [5.74, 6) is -0.262. The maximum absolute atomic E-state index is 11.5. The second kappa shape index (κ2) is 7.10. The Balaban J connectivity index is 1.65. The molecule has 122 valence electrons. The number of aromatic nitrogens is 2. The monoisotopic (exact) mass is 321 g/mol. The zero-order valence-electron chi connectivity index (χ0n) is 13.4. The molecule has 0 radical (unpaired) electrons. The van der Waals surface area contributed by atoms with Crippen molar-refractivity contribution < 1.29 is 5.11 Å². The quantitative estimate of drug-likeness (QED) is 0.758. The number of nitrogens with zero attached hydrogens (tertiary/aromatic N) is 2. The first kappa shape index (κ1) is 16.0. The van der Waals surface area contributed by atoms with Gasteiger partial charge in [-0.05, 0) is 18.7 Å². The van der Waals surface area contributed by atoms with Gasteiger partial charge in [0.1, 0.15) is 0 Å². The van der Waals surface area contributed by atoms with Crippen LogP contribution in [0.3, 0.4) is 0 Å². The minimum atomic E-state index is -0.369. The first-order chi connectivity index (χ1) is 11.6. The van der Waals surface area contributed by atoms with Gasteiger partial charge in [0, 0.05) is 42.8 Å². The Bertz CT molecular complexity index is 858. The van der Waals surface area contributed by atoms with E-state index in [0.29, 0.717) is 13.1 Å². The van der Waals surface area contributed by atoms with Crippen molar-refractivity contribution in [1.29, 1.82) is 0 Å². The SMILES string of the molecule is CN(Cc1ccc(-c2ccccc2)nc1)Cc1cc(=O)c(O)c[nH]1. The second-order valence-corrected chi connectivity index (χ2v) is 5.80. The number of hydrogen-bond acceptors (Lipinski definition) is 4. The fraction of sp³-hybridized carbons (Fsp3) is 0.158. The van der Waals surface area contributed by atoms with Crippen LogP contribution in [0.4, 0.5) is 0 Å². The molecule has 0 aliphatic heterocycles. The second-order valence-electron chi connectivity index (χ2n) is 5.80. The minimum Gasteiger partial charge on any atom is -0.503 e. The largest absolute Gasteiger partial charge is 0.503 e. The summed E-state index contributed by atoms with van der Waals surface area (Å²) >= 11 is 0. The Morgan fingerprint density at radius 2 is 1.92 bits per heavy atom. The smallest absolute Gasteiger partial charge is 0.223 e. The Hall–Kier alpha value is -2.92.